The zero-order valence-corrected chi connectivity index (χ0v) is 25.7. The van der Waals surface area contributed by atoms with Gasteiger partial charge in [0.15, 0.2) is 0 Å². The van der Waals surface area contributed by atoms with Gasteiger partial charge in [0.05, 0.1) is 16.8 Å². The largest absolute Gasteiger partial charge is 0.340 e. The van der Waals surface area contributed by atoms with Crippen LogP contribution in [0.1, 0.15) is 34.1 Å². The summed E-state index contributed by atoms with van der Waals surface area (Å²) in [7, 11) is 0. The van der Waals surface area contributed by atoms with Crippen LogP contribution in [0, 0.1) is 32.4 Å². The molecule has 0 bridgehead atoms. The van der Waals surface area contributed by atoms with Gasteiger partial charge in [0, 0.05) is 37.6 Å². The number of hydrogen-bond acceptors (Lipinski definition) is 4. The molecule has 1 aliphatic heterocycles. The number of halogens is 3. The number of thiocarbonyl (C=S) groups is 1. The van der Waals surface area contributed by atoms with Crippen molar-refractivity contribution in [2.45, 2.75) is 26.8 Å². The fraction of sp³-hybridized carbons (Fsp3) is 0.250. The Kier molecular flexibility index (Phi) is 9.59. The molecular formula is C32H32ClF2N7S. The van der Waals surface area contributed by atoms with Gasteiger partial charge in [-0.15, -0.1) is 0 Å². The van der Waals surface area contributed by atoms with Crippen molar-refractivity contribution in [1.29, 1.82) is 0 Å². The monoisotopic (exact) mass is 619 g/mol. The van der Waals surface area contributed by atoms with Gasteiger partial charge in [-0.1, -0.05) is 48.0 Å². The maximum atomic E-state index is 13.8. The Balaban J connectivity index is 1.40. The number of aliphatic imine (C=N–C) groups is 1. The Labute approximate surface area is 260 Å². The molecule has 0 atom stereocenters. The van der Waals surface area contributed by atoms with E-state index in [4.69, 9.17) is 28.8 Å². The number of nitrogens with one attached hydrogen (secondary N) is 2. The minimum atomic E-state index is -0.302. The molecular weight excluding hydrogens is 588 g/mol. The van der Waals surface area contributed by atoms with E-state index in [9.17, 15) is 8.78 Å². The third-order valence-electron chi connectivity index (χ3n) is 7.20. The summed E-state index contributed by atoms with van der Waals surface area (Å²) in [6.45, 7) is 8.25. The molecule has 11 heteroatoms. The maximum Gasteiger partial charge on any atom is 0.229 e. The highest BCUT2D eigenvalue weighted by molar-refractivity contribution is 7.80. The molecule has 4 aromatic rings. The second-order valence-corrected chi connectivity index (χ2v) is 11.2. The summed E-state index contributed by atoms with van der Waals surface area (Å²) in [4.78, 5) is 18.2. The second kappa shape index (κ2) is 13.5. The van der Waals surface area contributed by atoms with Crippen LogP contribution in [-0.4, -0.2) is 57.0 Å². The lowest BCUT2D eigenvalue weighted by Crippen LogP contribution is -2.52. The van der Waals surface area contributed by atoms with Gasteiger partial charge in [0.25, 0.3) is 0 Å². The van der Waals surface area contributed by atoms with Crippen molar-refractivity contribution in [3.8, 4) is 0 Å². The minimum Gasteiger partial charge on any atom is -0.340 e. The van der Waals surface area contributed by atoms with Gasteiger partial charge < -0.3 is 10.2 Å². The van der Waals surface area contributed by atoms with E-state index in [0.717, 1.165) is 28.1 Å². The minimum absolute atomic E-state index is 0.175. The first-order valence-electron chi connectivity index (χ1n) is 13.9. The number of nitrogens with zero attached hydrogens (tertiary/aromatic N) is 5. The number of aromatic nitrogens is 2. The predicted molar refractivity (Wildman–Crippen MR) is 173 cm³/mol. The van der Waals surface area contributed by atoms with Gasteiger partial charge in [-0.25, -0.2) is 18.7 Å². The number of anilines is 2. The number of benzene rings is 3. The van der Waals surface area contributed by atoms with Gasteiger partial charge >= 0.3 is 0 Å². The first-order chi connectivity index (χ1) is 20.7. The Hall–Kier alpha value is -3.99. The quantitative estimate of drug-likeness (QED) is 0.143. The average Bonchev–Trinajstić information content (AvgIpc) is 2.97. The highest BCUT2D eigenvalue weighted by Gasteiger charge is 2.28. The molecule has 0 spiro atoms. The maximum absolute atomic E-state index is 13.8. The topological polar surface area (TPSA) is 68.7 Å². The van der Waals surface area contributed by atoms with Crippen LogP contribution in [0.4, 0.5) is 20.4 Å². The van der Waals surface area contributed by atoms with Gasteiger partial charge in [0.1, 0.15) is 11.6 Å². The van der Waals surface area contributed by atoms with Gasteiger partial charge in [-0.3, -0.25) is 10.2 Å². The average molecular weight is 620 g/mol. The van der Waals surface area contributed by atoms with E-state index >= 15 is 0 Å². The molecule has 1 saturated heterocycles. The van der Waals surface area contributed by atoms with E-state index in [1.807, 2.05) is 45.0 Å². The Morgan fingerprint density at radius 3 is 1.95 bits per heavy atom. The Bertz CT molecular complexity index is 1560. The molecule has 43 heavy (non-hydrogen) atoms. The van der Waals surface area contributed by atoms with Crippen LogP contribution in [-0.2, 0) is 0 Å². The first kappa shape index (κ1) is 30.5. The van der Waals surface area contributed by atoms with Gasteiger partial charge in [-0.2, -0.15) is 4.99 Å². The highest BCUT2D eigenvalue weighted by Crippen LogP contribution is 2.30. The van der Waals surface area contributed by atoms with E-state index in [0.29, 0.717) is 48.8 Å². The fourth-order valence-electron chi connectivity index (χ4n) is 5.14. The van der Waals surface area contributed by atoms with E-state index < -0.39 is 0 Å². The van der Waals surface area contributed by atoms with Crippen molar-refractivity contribution >= 4 is 46.5 Å². The van der Waals surface area contributed by atoms with Crippen LogP contribution in [0.3, 0.4) is 0 Å². The van der Waals surface area contributed by atoms with Crippen LogP contribution in [0.15, 0.2) is 77.8 Å². The lowest BCUT2D eigenvalue weighted by molar-refractivity contribution is 0.150. The van der Waals surface area contributed by atoms with E-state index in [2.05, 4.69) is 30.4 Å². The molecule has 2 N–H and O–H groups in total. The molecule has 0 saturated carbocycles. The molecule has 3 aromatic carbocycles. The number of aryl methyl sites for hydroxylation is 3. The normalized spacial score (nSPS) is 14.2. The number of rotatable bonds is 5. The second-order valence-electron chi connectivity index (χ2n) is 10.4. The van der Waals surface area contributed by atoms with Crippen molar-refractivity contribution in [1.82, 2.24) is 19.8 Å². The SMILES string of the molecule is Cc1cc(C)nc(N/C(=N/C(=S)Nc2cccc(C)c2Cl)N2CCN(C(c3ccc(F)cc3)c3ccc(F)cc3)CC2)n1. The summed E-state index contributed by atoms with van der Waals surface area (Å²) in [5.74, 6) is 0.323. The first-order valence-corrected chi connectivity index (χ1v) is 14.7. The summed E-state index contributed by atoms with van der Waals surface area (Å²) < 4.78 is 27.6. The molecule has 1 fully saturated rings. The molecule has 1 aliphatic rings. The summed E-state index contributed by atoms with van der Waals surface area (Å²) in [5.41, 5.74) is 5.10. The Morgan fingerprint density at radius 1 is 0.837 bits per heavy atom. The molecule has 1 aromatic heterocycles. The van der Waals surface area contributed by atoms with E-state index in [1.165, 1.54) is 24.3 Å². The third kappa shape index (κ3) is 7.70. The molecule has 0 radical (unpaired) electrons. The van der Waals surface area contributed by atoms with Crippen molar-refractivity contribution in [2.24, 2.45) is 4.99 Å². The molecule has 2 heterocycles. The summed E-state index contributed by atoms with van der Waals surface area (Å²) in [6.07, 6.45) is 0. The molecule has 7 nitrogen and oxygen atoms in total. The summed E-state index contributed by atoms with van der Waals surface area (Å²) in [5, 5.41) is 7.24. The Morgan fingerprint density at radius 2 is 1.40 bits per heavy atom. The number of piperazine rings is 1. The zero-order chi connectivity index (χ0) is 30.5. The van der Waals surface area contributed by atoms with Crippen molar-refractivity contribution < 1.29 is 8.78 Å². The summed E-state index contributed by atoms with van der Waals surface area (Å²) in [6, 6.07) is 20.3. The van der Waals surface area contributed by atoms with Crippen molar-refractivity contribution in [2.75, 3.05) is 36.8 Å². The molecule has 5 rings (SSSR count). The standard InChI is InChI=1S/C32H32ClF2N7S/c1-20-5-4-6-27(28(20)33)38-32(43)40-31(39-30-36-21(2)19-22(3)37-30)42-17-15-41(16-18-42)29(23-7-11-25(34)12-8-23)24-9-13-26(35)14-10-24/h4-14,19,29H,15-18H2,1-3H3,(H2,36,37,38,39,40,43). The van der Waals surface area contributed by atoms with Crippen molar-refractivity contribution in [3.05, 3.63) is 118 Å². The van der Waals surface area contributed by atoms with Crippen LogP contribution in [0.2, 0.25) is 5.02 Å². The molecule has 0 unspecified atom stereocenters. The van der Waals surface area contributed by atoms with Crippen molar-refractivity contribution in [3.63, 3.8) is 0 Å². The number of guanidine groups is 1. The smallest absolute Gasteiger partial charge is 0.229 e. The molecule has 0 aliphatic carbocycles. The van der Waals surface area contributed by atoms with Gasteiger partial charge in [-0.05, 0) is 86.1 Å². The lowest BCUT2D eigenvalue weighted by Gasteiger charge is -2.40. The zero-order valence-electron chi connectivity index (χ0n) is 24.1. The predicted octanol–water partition coefficient (Wildman–Crippen LogP) is 6.91. The van der Waals surface area contributed by atoms with E-state index in [-0.39, 0.29) is 22.8 Å². The van der Waals surface area contributed by atoms with Gasteiger partial charge in [0.2, 0.25) is 17.0 Å². The van der Waals surface area contributed by atoms with Crippen LogP contribution in [0.5, 0.6) is 0 Å². The van der Waals surface area contributed by atoms with Crippen LogP contribution >= 0.6 is 23.8 Å². The number of hydrogen-bond donors (Lipinski definition) is 2. The molecule has 0 amide bonds. The molecule has 222 valence electrons. The van der Waals surface area contributed by atoms with Crippen LogP contribution in [0.25, 0.3) is 0 Å². The van der Waals surface area contributed by atoms with E-state index in [1.54, 1.807) is 24.3 Å². The lowest BCUT2D eigenvalue weighted by atomic mass is 9.96. The third-order valence-corrected chi connectivity index (χ3v) is 7.89. The fourth-order valence-corrected chi connectivity index (χ4v) is 5.51. The van der Waals surface area contributed by atoms with Crippen LogP contribution < -0.4 is 10.6 Å². The highest BCUT2D eigenvalue weighted by atomic mass is 35.5. The summed E-state index contributed by atoms with van der Waals surface area (Å²) >= 11 is 12.1.